The second-order valence-electron chi connectivity index (χ2n) is 8.82. The van der Waals surface area contributed by atoms with Gasteiger partial charge in [0.15, 0.2) is 5.65 Å². The Morgan fingerprint density at radius 3 is 2.83 bits per heavy atom. The van der Waals surface area contributed by atoms with E-state index in [2.05, 4.69) is 25.0 Å². The summed E-state index contributed by atoms with van der Waals surface area (Å²) < 4.78 is 7.76. The van der Waals surface area contributed by atoms with E-state index in [4.69, 9.17) is 15.5 Å². The van der Waals surface area contributed by atoms with Gasteiger partial charge in [-0.3, -0.25) is 0 Å². The van der Waals surface area contributed by atoms with Gasteiger partial charge in [0.25, 0.3) is 0 Å². The smallest absolute Gasteiger partial charge is 0.161 e. The van der Waals surface area contributed by atoms with Crippen LogP contribution in [0.25, 0.3) is 16.8 Å². The zero-order valence-electron chi connectivity index (χ0n) is 17.2. The van der Waals surface area contributed by atoms with Gasteiger partial charge >= 0.3 is 0 Å². The molecule has 29 heavy (non-hydrogen) atoms. The molecule has 0 amide bonds. The van der Waals surface area contributed by atoms with E-state index in [0.29, 0.717) is 29.8 Å². The molecule has 0 bridgehead atoms. The number of hydrogen-bond acceptors (Lipinski definition) is 5. The molecule has 150 valence electrons. The fraction of sp³-hybridized carbons (Fsp3) is 0.435. The van der Waals surface area contributed by atoms with E-state index in [0.717, 1.165) is 28.9 Å². The lowest BCUT2D eigenvalue weighted by Gasteiger charge is -2.26. The van der Waals surface area contributed by atoms with E-state index in [9.17, 15) is 5.26 Å². The first-order valence-corrected chi connectivity index (χ1v) is 10.2. The number of nitrogens with two attached hydrogens (primary N) is 1. The van der Waals surface area contributed by atoms with Crippen LogP contribution in [0.5, 0.6) is 5.75 Å². The molecule has 1 aliphatic carbocycles. The molecule has 0 radical (unpaired) electrons. The molecule has 1 aromatic carbocycles. The predicted octanol–water partition coefficient (Wildman–Crippen LogP) is 4.29. The summed E-state index contributed by atoms with van der Waals surface area (Å²) in [5.41, 5.74) is 10.2. The van der Waals surface area contributed by atoms with Crippen molar-refractivity contribution in [2.24, 2.45) is 11.7 Å². The Labute approximate surface area is 171 Å². The SMILES string of the molecule is CC(C)C[C@](C)(N)COc1ccc(-c2ccnn3cc(C4CC4)nc23)cc1C#N. The summed E-state index contributed by atoms with van der Waals surface area (Å²) in [4.78, 5) is 4.79. The van der Waals surface area contributed by atoms with Crippen molar-refractivity contribution in [1.82, 2.24) is 14.6 Å². The first-order chi connectivity index (χ1) is 13.9. The van der Waals surface area contributed by atoms with E-state index < -0.39 is 5.54 Å². The largest absolute Gasteiger partial charge is 0.490 e. The molecule has 3 aromatic rings. The molecule has 1 saturated carbocycles. The van der Waals surface area contributed by atoms with Gasteiger partial charge in [0.2, 0.25) is 0 Å². The number of benzene rings is 1. The average molecular weight is 390 g/mol. The fourth-order valence-electron chi connectivity index (χ4n) is 3.86. The third kappa shape index (κ3) is 4.25. The molecule has 6 heteroatoms. The molecular weight excluding hydrogens is 362 g/mol. The van der Waals surface area contributed by atoms with Gasteiger partial charge in [0.1, 0.15) is 18.4 Å². The van der Waals surface area contributed by atoms with Gasteiger partial charge in [-0.2, -0.15) is 10.4 Å². The average Bonchev–Trinajstić information content (AvgIpc) is 3.43. The van der Waals surface area contributed by atoms with Crippen molar-refractivity contribution in [2.75, 3.05) is 6.61 Å². The summed E-state index contributed by atoms with van der Waals surface area (Å²) in [6.45, 7) is 6.63. The van der Waals surface area contributed by atoms with Crippen molar-refractivity contribution >= 4 is 5.65 Å². The molecule has 0 unspecified atom stereocenters. The highest BCUT2D eigenvalue weighted by Crippen LogP contribution is 2.40. The molecule has 0 aliphatic heterocycles. The Balaban J connectivity index is 1.62. The van der Waals surface area contributed by atoms with Crippen molar-refractivity contribution < 1.29 is 4.74 Å². The number of nitriles is 1. The third-order valence-corrected chi connectivity index (χ3v) is 5.22. The van der Waals surface area contributed by atoms with E-state index in [-0.39, 0.29) is 0 Å². The first-order valence-electron chi connectivity index (χ1n) is 10.2. The number of imidazole rings is 1. The van der Waals surface area contributed by atoms with Gasteiger partial charge in [-0.05, 0) is 55.9 Å². The zero-order valence-corrected chi connectivity index (χ0v) is 17.2. The lowest BCUT2D eigenvalue weighted by molar-refractivity contribution is 0.206. The topological polar surface area (TPSA) is 89.2 Å². The van der Waals surface area contributed by atoms with Crippen molar-refractivity contribution in [1.29, 1.82) is 5.26 Å². The summed E-state index contributed by atoms with van der Waals surface area (Å²) in [5.74, 6) is 1.60. The zero-order chi connectivity index (χ0) is 20.6. The van der Waals surface area contributed by atoms with Crippen LogP contribution in [-0.2, 0) is 0 Å². The predicted molar refractivity (Wildman–Crippen MR) is 113 cm³/mol. The third-order valence-electron chi connectivity index (χ3n) is 5.22. The maximum Gasteiger partial charge on any atom is 0.161 e. The van der Waals surface area contributed by atoms with Gasteiger partial charge in [0, 0.05) is 23.2 Å². The van der Waals surface area contributed by atoms with Gasteiger partial charge in [0.05, 0.1) is 17.5 Å². The van der Waals surface area contributed by atoms with Gasteiger partial charge < -0.3 is 10.5 Å². The Morgan fingerprint density at radius 2 is 2.14 bits per heavy atom. The van der Waals surface area contributed by atoms with Crippen LogP contribution in [-0.4, -0.2) is 26.7 Å². The van der Waals surface area contributed by atoms with Crippen molar-refractivity contribution in [2.45, 2.75) is 51.5 Å². The van der Waals surface area contributed by atoms with Crippen LogP contribution in [0, 0.1) is 17.2 Å². The van der Waals surface area contributed by atoms with Crippen molar-refractivity contribution in [3.8, 4) is 22.9 Å². The Hall–Kier alpha value is -2.91. The number of aromatic nitrogens is 3. The van der Waals surface area contributed by atoms with Crippen LogP contribution in [0.1, 0.15) is 57.2 Å². The lowest BCUT2D eigenvalue weighted by Crippen LogP contribution is -2.43. The van der Waals surface area contributed by atoms with Crippen molar-refractivity contribution in [3.63, 3.8) is 0 Å². The molecule has 1 atom stereocenters. The fourth-order valence-corrected chi connectivity index (χ4v) is 3.86. The highest BCUT2D eigenvalue weighted by molar-refractivity contribution is 5.78. The molecule has 1 aliphatic rings. The number of hydrogen-bond donors (Lipinski definition) is 1. The maximum absolute atomic E-state index is 9.67. The molecule has 0 saturated heterocycles. The highest BCUT2D eigenvalue weighted by atomic mass is 16.5. The Bertz CT molecular complexity index is 1070. The van der Waals surface area contributed by atoms with E-state index in [1.165, 1.54) is 12.8 Å². The number of nitrogens with zero attached hydrogens (tertiary/aromatic N) is 4. The highest BCUT2D eigenvalue weighted by Gasteiger charge is 2.27. The van der Waals surface area contributed by atoms with Crippen LogP contribution in [0.3, 0.4) is 0 Å². The van der Waals surface area contributed by atoms with Crippen LogP contribution in [0.4, 0.5) is 0 Å². The first kappa shape index (κ1) is 19.4. The quantitative estimate of drug-likeness (QED) is 0.651. The summed E-state index contributed by atoms with van der Waals surface area (Å²) in [6, 6.07) is 9.86. The van der Waals surface area contributed by atoms with E-state index in [1.807, 2.05) is 41.9 Å². The van der Waals surface area contributed by atoms with Gasteiger partial charge in [-0.15, -0.1) is 0 Å². The molecule has 4 rings (SSSR count). The molecule has 2 heterocycles. The number of rotatable bonds is 7. The molecule has 2 aromatic heterocycles. The van der Waals surface area contributed by atoms with Crippen molar-refractivity contribution in [3.05, 3.63) is 47.9 Å². The molecule has 0 spiro atoms. The maximum atomic E-state index is 9.67. The summed E-state index contributed by atoms with van der Waals surface area (Å²) >= 11 is 0. The molecule has 6 nitrogen and oxygen atoms in total. The molecular formula is C23H27N5O. The minimum absolute atomic E-state index is 0.365. The summed E-state index contributed by atoms with van der Waals surface area (Å²) in [5, 5.41) is 14.1. The van der Waals surface area contributed by atoms with Gasteiger partial charge in [-0.25, -0.2) is 9.50 Å². The van der Waals surface area contributed by atoms with Crippen LogP contribution >= 0.6 is 0 Å². The molecule has 2 N–H and O–H groups in total. The van der Waals surface area contributed by atoms with E-state index in [1.54, 1.807) is 6.20 Å². The minimum atomic E-state index is -0.439. The minimum Gasteiger partial charge on any atom is -0.490 e. The second kappa shape index (κ2) is 7.49. The standard InChI is InChI=1S/C23H27N5O/c1-15(2)11-23(3,25)14-29-21-7-6-17(10-18(21)12-24)19-8-9-26-28-13-20(16-4-5-16)27-22(19)28/h6-10,13,15-16H,4-5,11,14,25H2,1-3H3/t23-/m0/s1. The number of ether oxygens (including phenoxy) is 1. The molecule has 1 fully saturated rings. The monoisotopic (exact) mass is 389 g/mol. The van der Waals surface area contributed by atoms with E-state index >= 15 is 0 Å². The normalized spacial score (nSPS) is 16.0. The van der Waals surface area contributed by atoms with Gasteiger partial charge in [-0.1, -0.05) is 19.9 Å². The lowest BCUT2D eigenvalue weighted by atomic mass is 9.93. The number of fused-ring (bicyclic) bond motifs is 1. The van der Waals surface area contributed by atoms with Crippen LogP contribution in [0.2, 0.25) is 0 Å². The van der Waals surface area contributed by atoms with Crippen LogP contribution < -0.4 is 10.5 Å². The summed E-state index contributed by atoms with van der Waals surface area (Å²) in [6.07, 6.45) is 7.02. The summed E-state index contributed by atoms with van der Waals surface area (Å²) in [7, 11) is 0. The Kier molecular flexibility index (Phi) is 5.01. The Morgan fingerprint density at radius 1 is 1.34 bits per heavy atom. The second-order valence-corrected chi connectivity index (χ2v) is 8.82. The van der Waals surface area contributed by atoms with Crippen LogP contribution in [0.15, 0.2) is 36.7 Å².